The highest BCUT2D eigenvalue weighted by Crippen LogP contribution is 2.33. The van der Waals surface area contributed by atoms with Crippen molar-refractivity contribution in [1.82, 2.24) is 4.98 Å². The number of benzene rings is 2. The molecule has 0 unspecified atom stereocenters. The van der Waals surface area contributed by atoms with Gasteiger partial charge in [-0.15, -0.1) is 0 Å². The zero-order valence-corrected chi connectivity index (χ0v) is 16.3. The van der Waals surface area contributed by atoms with Crippen molar-refractivity contribution in [1.29, 1.82) is 0 Å². The van der Waals surface area contributed by atoms with Crippen molar-refractivity contribution < 1.29 is 13.9 Å². The highest BCUT2D eigenvalue weighted by molar-refractivity contribution is 5.92. The van der Waals surface area contributed by atoms with E-state index in [2.05, 4.69) is 22.0 Å². The van der Waals surface area contributed by atoms with E-state index < -0.39 is 0 Å². The fourth-order valence-electron chi connectivity index (χ4n) is 3.76. The van der Waals surface area contributed by atoms with Crippen LogP contribution < -0.4 is 14.4 Å². The molecule has 1 fully saturated rings. The Bertz CT molecular complexity index is 943. The monoisotopic (exact) mass is 380 g/mol. The standard InChI is InChI=1S/C23H25FN2O2/c1-16(2)28-20-9-10-21-22(14-20)25-12-11-23(21)26-13-3-4-18(26)15-27-19-7-5-17(24)6-8-19/h5-12,14,16,18H,3-4,13,15H2,1-2H3/t18-/m0/s1. The van der Waals surface area contributed by atoms with E-state index in [1.165, 1.54) is 17.8 Å². The van der Waals surface area contributed by atoms with E-state index in [1.54, 1.807) is 12.1 Å². The van der Waals surface area contributed by atoms with Crippen molar-refractivity contribution in [2.45, 2.75) is 38.8 Å². The number of rotatable bonds is 6. The topological polar surface area (TPSA) is 34.6 Å². The second-order valence-electron chi connectivity index (χ2n) is 7.43. The smallest absolute Gasteiger partial charge is 0.123 e. The van der Waals surface area contributed by atoms with Crippen LogP contribution in [0.1, 0.15) is 26.7 Å². The number of hydrogen-bond acceptors (Lipinski definition) is 4. The van der Waals surface area contributed by atoms with Gasteiger partial charge in [-0.3, -0.25) is 4.98 Å². The maximum absolute atomic E-state index is 13.1. The van der Waals surface area contributed by atoms with Gasteiger partial charge in [0.2, 0.25) is 0 Å². The Balaban J connectivity index is 1.54. The molecule has 2 aromatic carbocycles. The maximum Gasteiger partial charge on any atom is 0.123 e. The molecular weight excluding hydrogens is 355 g/mol. The quantitative estimate of drug-likeness (QED) is 0.588. The Hall–Kier alpha value is -2.82. The number of anilines is 1. The Morgan fingerprint density at radius 2 is 1.89 bits per heavy atom. The van der Waals surface area contributed by atoms with Gasteiger partial charge in [0.15, 0.2) is 0 Å². The van der Waals surface area contributed by atoms with E-state index in [9.17, 15) is 4.39 Å². The molecule has 28 heavy (non-hydrogen) atoms. The SMILES string of the molecule is CC(C)Oc1ccc2c(N3CCC[C@H]3COc3ccc(F)cc3)ccnc2c1. The summed E-state index contributed by atoms with van der Waals surface area (Å²) in [4.78, 5) is 6.93. The van der Waals surface area contributed by atoms with E-state index in [-0.39, 0.29) is 18.0 Å². The Labute approximate surface area is 164 Å². The molecule has 5 heteroatoms. The predicted octanol–water partition coefficient (Wildman–Crippen LogP) is 5.21. The molecule has 1 saturated heterocycles. The molecule has 0 amide bonds. The summed E-state index contributed by atoms with van der Waals surface area (Å²) in [5.41, 5.74) is 2.10. The summed E-state index contributed by atoms with van der Waals surface area (Å²) >= 11 is 0. The molecule has 1 aliphatic heterocycles. The van der Waals surface area contributed by atoms with Crippen molar-refractivity contribution in [3.8, 4) is 11.5 Å². The zero-order valence-electron chi connectivity index (χ0n) is 16.3. The van der Waals surface area contributed by atoms with E-state index in [1.807, 2.05) is 32.2 Å². The lowest BCUT2D eigenvalue weighted by molar-refractivity contribution is 0.242. The van der Waals surface area contributed by atoms with Crippen molar-refractivity contribution in [2.75, 3.05) is 18.1 Å². The molecule has 146 valence electrons. The molecule has 1 aliphatic rings. The minimum absolute atomic E-state index is 0.132. The third kappa shape index (κ3) is 4.03. The van der Waals surface area contributed by atoms with Gasteiger partial charge in [0.25, 0.3) is 0 Å². The van der Waals surface area contributed by atoms with Gasteiger partial charge < -0.3 is 14.4 Å². The van der Waals surface area contributed by atoms with E-state index >= 15 is 0 Å². The average molecular weight is 380 g/mol. The number of halogens is 1. The van der Waals surface area contributed by atoms with Crippen molar-refractivity contribution in [2.24, 2.45) is 0 Å². The van der Waals surface area contributed by atoms with Gasteiger partial charge in [0.1, 0.15) is 23.9 Å². The van der Waals surface area contributed by atoms with E-state index in [0.29, 0.717) is 12.4 Å². The Kier molecular flexibility index (Phi) is 5.33. The van der Waals surface area contributed by atoms with Crippen molar-refractivity contribution in [3.63, 3.8) is 0 Å². The van der Waals surface area contributed by atoms with Gasteiger partial charge in [0.05, 0.1) is 17.7 Å². The summed E-state index contributed by atoms with van der Waals surface area (Å²) < 4.78 is 24.8. The lowest BCUT2D eigenvalue weighted by atomic mass is 10.1. The van der Waals surface area contributed by atoms with Crippen LogP contribution in [-0.4, -0.2) is 30.3 Å². The van der Waals surface area contributed by atoms with Crippen LogP contribution in [0.25, 0.3) is 10.9 Å². The first kappa shape index (κ1) is 18.5. The van der Waals surface area contributed by atoms with Gasteiger partial charge in [-0.1, -0.05) is 0 Å². The third-order valence-electron chi connectivity index (χ3n) is 5.01. The molecule has 2 heterocycles. The van der Waals surface area contributed by atoms with E-state index in [4.69, 9.17) is 9.47 Å². The molecular formula is C23H25FN2O2. The molecule has 0 spiro atoms. The molecule has 0 radical (unpaired) electrons. The first-order valence-corrected chi connectivity index (χ1v) is 9.80. The highest BCUT2D eigenvalue weighted by Gasteiger charge is 2.26. The predicted molar refractivity (Wildman–Crippen MR) is 110 cm³/mol. The minimum atomic E-state index is -0.251. The molecule has 1 aromatic heterocycles. The first-order valence-electron chi connectivity index (χ1n) is 9.80. The van der Waals surface area contributed by atoms with Crippen molar-refractivity contribution in [3.05, 3.63) is 60.5 Å². The molecule has 4 nitrogen and oxygen atoms in total. The molecule has 0 N–H and O–H groups in total. The number of ether oxygens (including phenoxy) is 2. The van der Waals surface area contributed by atoms with Crippen LogP contribution in [0.5, 0.6) is 11.5 Å². The van der Waals surface area contributed by atoms with Crippen LogP contribution in [0.15, 0.2) is 54.7 Å². The summed E-state index contributed by atoms with van der Waals surface area (Å²) in [6.07, 6.45) is 4.18. The lowest BCUT2D eigenvalue weighted by Gasteiger charge is -2.28. The number of pyridine rings is 1. The van der Waals surface area contributed by atoms with Crippen molar-refractivity contribution >= 4 is 16.6 Å². The van der Waals surface area contributed by atoms with Gasteiger partial charge in [-0.2, -0.15) is 0 Å². The van der Waals surface area contributed by atoms with Crippen LogP contribution in [0.2, 0.25) is 0 Å². The second-order valence-corrected chi connectivity index (χ2v) is 7.43. The molecule has 0 bridgehead atoms. The maximum atomic E-state index is 13.1. The summed E-state index contributed by atoms with van der Waals surface area (Å²) in [6, 6.07) is 14.6. The molecule has 0 aliphatic carbocycles. The zero-order chi connectivity index (χ0) is 19.5. The number of nitrogens with zero attached hydrogens (tertiary/aromatic N) is 2. The van der Waals surface area contributed by atoms with Gasteiger partial charge in [-0.25, -0.2) is 4.39 Å². The number of hydrogen-bond donors (Lipinski definition) is 0. The molecule has 3 aromatic rings. The summed E-state index contributed by atoms with van der Waals surface area (Å²) in [6.45, 7) is 5.60. The van der Waals surface area contributed by atoms with Gasteiger partial charge in [0, 0.05) is 29.9 Å². The number of fused-ring (bicyclic) bond motifs is 1. The highest BCUT2D eigenvalue weighted by atomic mass is 19.1. The largest absolute Gasteiger partial charge is 0.491 e. The summed E-state index contributed by atoms with van der Waals surface area (Å²) in [5.74, 6) is 1.28. The van der Waals surface area contributed by atoms with Crippen LogP contribution in [0, 0.1) is 5.82 Å². The Morgan fingerprint density at radius 1 is 1.11 bits per heavy atom. The van der Waals surface area contributed by atoms with Gasteiger partial charge >= 0.3 is 0 Å². The van der Waals surface area contributed by atoms with E-state index in [0.717, 1.165) is 36.0 Å². The molecule has 4 rings (SSSR count). The first-order chi connectivity index (χ1) is 13.6. The van der Waals surface area contributed by atoms with Crippen LogP contribution >= 0.6 is 0 Å². The third-order valence-corrected chi connectivity index (χ3v) is 5.01. The molecule has 0 saturated carbocycles. The van der Waals surface area contributed by atoms with Crippen LogP contribution in [-0.2, 0) is 0 Å². The van der Waals surface area contributed by atoms with Gasteiger partial charge in [-0.05, 0) is 69.2 Å². The summed E-state index contributed by atoms with van der Waals surface area (Å²) in [7, 11) is 0. The number of aromatic nitrogens is 1. The summed E-state index contributed by atoms with van der Waals surface area (Å²) in [5, 5.41) is 1.12. The normalized spacial score (nSPS) is 16.7. The fourth-order valence-corrected chi connectivity index (χ4v) is 3.76. The average Bonchev–Trinajstić information content (AvgIpc) is 3.15. The molecule has 1 atom stereocenters. The fraction of sp³-hybridized carbons (Fsp3) is 0.348. The van der Waals surface area contributed by atoms with Crippen LogP contribution in [0.4, 0.5) is 10.1 Å². The Morgan fingerprint density at radius 3 is 2.68 bits per heavy atom. The minimum Gasteiger partial charge on any atom is -0.491 e. The lowest BCUT2D eigenvalue weighted by Crippen LogP contribution is -2.34. The second kappa shape index (κ2) is 8.05. The van der Waals surface area contributed by atoms with Crippen LogP contribution in [0.3, 0.4) is 0 Å².